The van der Waals surface area contributed by atoms with Crippen LogP contribution in [0.3, 0.4) is 0 Å². The Labute approximate surface area is 175 Å². The van der Waals surface area contributed by atoms with Crippen molar-refractivity contribution in [1.82, 2.24) is 0 Å². The first-order valence-electron chi connectivity index (χ1n) is 9.22. The molecule has 11 heteroatoms. The molecule has 0 rings (SSSR count). The van der Waals surface area contributed by atoms with Gasteiger partial charge in [0.05, 0.1) is 18.8 Å². The molecular weight excluding hydrogens is 419 g/mol. The van der Waals surface area contributed by atoms with Gasteiger partial charge in [0.15, 0.2) is 0 Å². The van der Waals surface area contributed by atoms with E-state index in [0.717, 1.165) is 6.08 Å². The lowest BCUT2D eigenvalue weighted by molar-refractivity contribution is -0.137. The highest BCUT2D eigenvalue weighted by Crippen LogP contribution is 2.41. The van der Waals surface area contributed by atoms with Crippen LogP contribution in [0, 0.1) is 0 Å². The summed E-state index contributed by atoms with van der Waals surface area (Å²) >= 11 is 0. The van der Waals surface area contributed by atoms with Crippen LogP contribution < -0.4 is 0 Å². The number of hydrogen-bond acceptors (Lipinski definition) is 7. The van der Waals surface area contributed by atoms with Crippen molar-refractivity contribution in [2.75, 3.05) is 6.61 Å². The Kier molecular flexibility index (Phi) is 13.6. The number of allylic oxidation sites excluding steroid dienone is 4. The van der Waals surface area contributed by atoms with Crippen molar-refractivity contribution in [1.29, 1.82) is 0 Å². The quantitative estimate of drug-likeness (QED) is 0.107. The van der Waals surface area contributed by atoms with Crippen LogP contribution in [0.5, 0.6) is 0 Å². The molecule has 0 spiro atoms. The van der Waals surface area contributed by atoms with Crippen molar-refractivity contribution in [3.63, 3.8) is 0 Å². The maximum atomic E-state index is 11.3. The lowest BCUT2D eigenvalue weighted by Gasteiger charge is -2.31. The van der Waals surface area contributed by atoms with Gasteiger partial charge in [-0.2, -0.15) is 0 Å². The Morgan fingerprint density at radius 3 is 2.30 bits per heavy atom. The highest BCUT2D eigenvalue weighted by molar-refractivity contribution is 7.46. The fourth-order valence-electron chi connectivity index (χ4n) is 2.28. The number of aliphatic carboxylic acids is 1. The number of carboxylic acids is 1. The highest BCUT2D eigenvalue weighted by Gasteiger charge is 2.36. The van der Waals surface area contributed by atoms with Crippen LogP contribution in [0.4, 0.5) is 0 Å². The van der Waals surface area contributed by atoms with Gasteiger partial charge in [0.2, 0.25) is 0 Å². The van der Waals surface area contributed by atoms with E-state index in [4.69, 9.17) is 20.0 Å². The minimum atomic E-state index is -5.00. The molecule has 0 aromatic carbocycles. The molecule has 0 saturated carbocycles. The average Bonchev–Trinajstić information content (AvgIpc) is 2.61. The van der Waals surface area contributed by atoms with Gasteiger partial charge in [-0.05, 0) is 19.8 Å². The first-order chi connectivity index (χ1) is 13.9. The summed E-state index contributed by atoms with van der Waals surface area (Å²) in [6.45, 7) is 1.08. The van der Waals surface area contributed by atoms with Gasteiger partial charge in [0.25, 0.3) is 0 Å². The molecule has 0 aromatic rings. The van der Waals surface area contributed by atoms with Gasteiger partial charge in [0.1, 0.15) is 11.7 Å². The van der Waals surface area contributed by atoms with Crippen molar-refractivity contribution in [3.05, 3.63) is 48.6 Å². The van der Waals surface area contributed by atoms with Crippen LogP contribution in [-0.4, -0.2) is 71.8 Å². The fraction of sp³-hybridized carbons (Fsp3) is 0.526. The fourth-order valence-corrected chi connectivity index (χ4v) is 2.91. The molecule has 0 aliphatic heterocycles. The van der Waals surface area contributed by atoms with E-state index in [0.29, 0.717) is 0 Å². The Bertz CT molecular complexity index is 662. The van der Waals surface area contributed by atoms with Crippen molar-refractivity contribution < 1.29 is 49.2 Å². The Balaban J connectivity index is 5.10. The molecule has 0 saturated heterocycles. The monoisotopic (exact) mass is 450 g/mol. The third kappa shape index (κ3) is 15.3. The zero-order chi connectivity index (χ0) is 23.2. The van der Waals surface area contributed by atoms with Crippen LogP contribution in [-0.2, 0) is 13.9 Å². The van der Waals surface area contributed by atoms with Gasteiger partial charge in [0, 0.05) is 12.8 Å². The van der Waals surface area contributed by atoms with Crippen molar-refractivity contribution in [2.24, 2.45) is 0 Å². The molecule has 10 nitrogen and oxygen atoms in total. The maximum Gasteiger partial charge on any atom is 0.469 e. The molecule has 0 aromatic heterocycles. The van der Waals surface area contributed by atoms with Gasteiger partial charge >= 0.3 is 13.8 Å². The van der Waals surface area contributed by atoms with Crippen LogP contribution in [0.25, 0.3) is 0 Å². The zero-order valence-electron chi connectivity index (χ0n) is 16.7. The van der Waals surface area contributed by atoms with Crippen molar-refractivity contribution >= 4 is 13.8 Å². The lowest BCUT2D eigenvalue weighted by Crippen LogP contribution is -2.41. The van der Waals surface area contributed by atoms with E-state index >= 15 is 0 Å². The molecule has 172 valence electrons. The van der Waals surface area contributed by atoms with E-state index in [2.05, 4.69) is 4.52 Å². The molecule has 0 fully saturated rings. The normalized spacial score (nSPS) is 18.4. The summed E-state index contributed by atoms with van der Waals surface area (Å²) < 4.78 is 15.9. The largest absolute Gasteiger partial charge is 0.481 e. The molecule has 30 heavy (non-hydrogen) atoms. The maximum absolute atomic E-state index is 11.3. The van der Waals surface area contributed by atoms with Crippen LogP contribution in [0.1, 0.15) is 32.6 Å². The number of carbonyl (C=O) groups is 1. The number of hydrogen-bond donors (Lipinski definition) is 7. The van der Waals surface area contributed by atoms with Gasteiger partial charge in [-0.25, -0.2) is 4.57 Å². The first-order valence-corrected chi connectivity index (χ1v) is 10.7. The molecule has 0 radical (unpaired) electrons. The summed E-state index contributed by atoms with van der Waals surface area (Å²) in [4.78, 5) is 28.7. The van der Waals surface area contributed by atoms with Gasteiger partial charge in [-0.15, -0.1) is 0 Å². The van der Waals surface area contributed by atoms with E-state index in [1.165, 1.54) is 31.2 Å². The number of rotatable bonds is 15. The Morgan fingerprint density at radius 2 is 1.73 bits per heavy atom. The van der Waals surface area contributed by atoms with Crippen LogP contribution >= 0.6 is 7.82 Å². The van der Waals surface area contributed by atoms with Gasteiger partial charge < -0.3 is 35.3 Å². The number of aliphatic hydroxyl groups excluding tert-OH is 3. The number of aliphatic hydroxyl groups is 4. The standard InChI is InChI=1S/C19H31O10P/c1-19(25,12-11-15(21)9-7-10-18(23)24)17(29-30(26,27)28)14-16(22)8-5-3-2-4-6-13-20/h2-6,8,11-12,15-17,20-22,25H,7,9-10,13-14H2,1H3,(H,23,24)(H2,26,27,28)/b3-2-,6-4+,8-5-,12-11+/t15-,16+,17-,19-/m1/s1. The van der Waals surface area contributed by atoms with Gasteiger partial charge in [-0.3, -0.25) is 9.32 Å². The summed E-state index contributed by atoms with van der Waals surface area (Å²) in [5.74, 6) is -1.01. The highest BCUT2D eigenvalue weighted by atomic mass is 31.2. The third-order valence-corrected chi connectivity index (χ3v) is 4.36. The van der Waals surface area contributed by atoms with E-state index in [1.54, 1.807) is 18.2 Å². The molecule has 0 aliphatic carbocycles. The van der Waals surface area contributed by atoms with Crippen molar-refractivity contribution in [2.45, 2.75) is 56.5 Å². The molecule has 0 amide bonds. The molecule has 4 atom stereocenters. The second kappa shape index (κ2) is 14.4. The third-order valence-electron chi connectivity index (χ3n) is 3.83. The van der Waals surface area contributed by atoms with Crippen molar-refractivity contribution in [3.8, 4) is 0 Å². The SMILES string of the molecule is C[C@@](O)(/C=C/[C@H](O)CCCC(=O)O)[C@@H](C[C@@H](O)\C=C/C=C\C=C\CO)OP(=O)(O)O. The number of phosphoric ester groups is 1. The molecule has 7 N–H and O–H groups in total. The Hall–Kier alpha value is -1.62. The molecule has 0 heterocycles. The number of phosphoric acid groups is 1. The molecule has 0 aliphatic rings. The smallest absolute Gasteiger partial charge is 0.469 e. The first kappa shape index (κ1) is 28.4. The second-order valence-corrected chi connectivity index (χ2v) is 7.90. The van der Waals surface area contributed by atoms with E-state index in [-0.39, 0.29) is 32.3 Å². The summed E-state index contributed by atoms with van der Waals surface area (Å²) in [6.07, 6.45) is 7.29. The Morgan fingerprint density at radius 1 is 1.10 bits per heavy atom. The summed E-state index contributed by atoms with van der Waals surface area (Å²) in [7, 11) is -5.00. The molecule has 0 unspecified atom stereocenters. The lowest BCUT2D eigenvalue weighted by atomic mass is 9.93. The second-order valence-electron chi connectivity index (χ2n) is 6.71. The average molecular weight is 450 g/mol. The van der Waals surface area contributed by atoms with E-state index in [1.807, 2.05) is 0 Å². The number of carboxylic acid groups (broad SMARTS) is 1. The summed E-state index contributed by atoms with van der Waals surface area (Å²) in [5, 5.41) is 47.7. The minimum absolute atomic E-state index is 0.116. The van der Waals surface area contributed by atoms with Gasteiger partial charge in [-0.1, -0.05) is 48.6 Å². The molecular formula is C19H31O10P. The summed E-state index contributed by atoms with van der Waals surface area (Å²) in [6, 6.07) is 0. The minimum Gasteiger partial charge on any atom is -0.481 e. The van der Waals surface area contributed by atoms with E-state index in [9.17, 15) is 24.7 Å². The zero-order valence-corrected chi connectivity index (χ0v) is 17.6. The van der Waals surface area contributed by atoms with E-state index < -0.39 is 37.7 Å². The topological polar surface area (TPSA) is 185 Å². The predicted molar refractivity (Wildman–Crippen MR) is 109 cm³/mol. The van der Waals surface area contributed by atoms with Crippen LogP contribution in [0.2, 0.25) is 0 Å². The predicted octanol–water partition coefficient (Wildman–Crippen LogP) is 0.799. The molecule has 0 bridgehead atoms. The summed E-state index contributed by atoms with van der Waals surface area (Å²) in [5.41, 5.74) is -1.95. The van der Waals surface area contributed by atoms with Crippen LogP contribution in [0.15, 0.2) is 48.6 Å².